The fourth-order valence-electron chi connectivity index (χ4n) is 11.3. The van der Waals surface area contributed by atoms with Crippen molar-refractivity contribution >= 4 is 21.8 Å². The van der Waals surface area contributed by atoms with E-state index in [1.54, 1.807) is 24.8 Å². The smallest absolute Gasteiger partial charge is 0.0523 e. The first-order valence-electron chi connectivity index (χ1n) is 34.9. The molecule has 0 fully saturated rings. The quantitative estimate of drug-likeness (QED) is 0.141. The molecule has 0 N–H and O–H groups in total. The Balaban J connectivity index is 0.000000183. The molecule has 4 radical (unpaired) electrons. The van der Waals surface area contributed by atoms with Crippen LogP contribution >= 0.6 is 0 Å². The number of aryl methyl sites for hydroxylation is 3. The van der Waals surface area contributed by atoms with Crippen molar-refractivity contribution in [1.82, 2.24) is 34.5 Å². The molecule has 550 valence electrons. The molecule has 0 bridgehead atoms. The van der Waals surface area contributed by atoms with Gasteiger partial charge in [-0.05, 0) is 125 Å². The van der Waals surface area contributed by atoms with Crippen LogP contribution in [0.2, 0.25) is 0 Å². The molecule has 0 atom stereocenters. The first kappa shape index (κ1) is 86.0. The molecule has 0 saturated carbocycles. The molecule has 0 saturated heterocycles. The normalized spacial score (nSPS) is 9.66. The summed E-state index contributed by atoms with van der Waals surface area (Å²) in [5.74, 6) is 0. The molecule has 7 aromatic heterocycles. The zero-order chi connectivity index (χ0) is 72.8. The number of pyridine rings is 6. The van der Waals surface area contributed by atoms with Crippen LogP contribution in [0.1, 0.15) is 16.7 Å². The van der Waals surface area contributed by atoms with Gasteiger partial charge in [0, 0.05) is 146 Å². The van der Waals surface area contributed by atoms with Crippen LogP contribution in [0.3, 0.4) is 0 Å². The Morgan fingerprint density at radius 2 is 0.673 bits per heavy atom. The second-order valence-electron chi connectivity index (χ2n) is 23.8. The SMILES string of the molecule is Cc1cc(-c2[c-]cccc2)ncc1-c1ccccc1.Cc1cc(-c2ccccn2)[c-]cc1-c1ccccc1.Cc1ccccc1-c1ccnc(-c2[c-]cccc2)c1.[Ir].[Ir].[Ir].[Ir].[c-]1ccc(-n2c3ccccc3c3ccccc32)cc1-c1ccccn1.[c-]1ccccc1.[c-]1ccccc1.c1ccncc1.c1ccncc1. The number of fused-ring (bicyclic) bond motifs is 3. The van der Waals surface area contributed by atoms with Gasteiger partial charge in [0.25, 0.3) is 0 Å². The molecule has 18 aromatic rings. The maximum Gasteiger partial charge on any atom is 0.0523 e. The summed E-state index contributed by atoms with van der Waals surface area (Å²) in [7, 11) is 0. The Kier molecular flexibility index (Phi) is 37.7. The predicted octanol–water partition coefficient (Wildman–Crippen LogP) is 24.3. The molecule has 7 nitrogen and oxygen atoms in total. The molecular weight excluding hydrogens is 2060 g/mol. The molecule has 0 spiro atoms. The minimum Gasteiger partial charge on any atom is -0.327 e. The van der Waals surface area contributed by atoms with Gasteiger partial charge in [-0.2, -0.15) is 72.8 Å². The van der Waals surface area contributed by atoms with E-state index in [9.17, 15) is 0 Å². The van der Waals surface area contributed by atoms with Gasteiger partial charge in [-0.25, -0.2) is 0 Å². The summed E-state index contributed by atoms with van der Waals surface area (Å²) < 4.78 is 2.31. The summed E-state index contributed by atoms with van der Waals surface area (Å²) in [6.07, 6.45) is 14.4. The Morgan fingerprint density at radius 3 is 1.12 bits per heavy atom. The van der Waals surface area contributed by atoms with Crippen LogP contribution in [0, 0.1) is 57.2 Å². The molecule has 0 aliphatic heterocycles. The average Bonchev–Trinajstić information content (AvgIpc) is 1.60. The summed E-state index contributed by atoms with van der Waals surface area (Å²) in [6.45, 7) is 6.38. The van der Waals surface area contributed by atoms with Crippen molar-refractivity contribution in [2.24, 2.45) is 0 Å². The third kappa shape index (κ3) is 26.3. The van der Waals surface area contributed by atoms with Gasteiger partial charge in [-0.15, -0.1) is 131 Å². The van der Waals surface area contributed by atoms with Gasteiger partial charge in [0.2, 0.25) is 0 Å². The third-order valence-electron chi connectivity index (χ3n) is 16.5. The summed E-state index contributed by atoms with van der Waals surface area (Å²) in [4.78, 5) is 25.4. The van der Waals surface area contributed by atoms with Crippen LogP contribution in [0.15, 0.2) is 414 Å². The van der Waals surface area contributed by atoms with Crippen molar-refractivity contribution in [3.63, 3.8) is 0 Å². The molecule has 0 aliphatic carbocycles. The molecule has 11 heteroatoms. The topological polar surface area (TPSA) is 82.3 Å². The van der Waals surface area contributed by atoms with E-state index in [0.29, 0.717) is 0 Å². The van der Waals surface area contributed by atoms with E-state index in [2.05, 4.69) is 243 Å². The summed E-state index contributed by atoms with van der Waals surface area (Å²) >= 11 is 0. The Labute approximate surface area is 701 Å². The van der Waals surface area contributed by atoms with E-state index in [4.69, 9.17) is 0 Å². The van der Waals surface area contributed by atoms with Gasteiger partial charge < -0.3 is 24.5 Å². The predicted molar refractivity (Wildman–Crippen MR) is 438 cm³/mol. The molecule has 0 aliphatic rings. The number of hydrogen-bond donors (Lipinski definition) is 0. The minimum absolute atomic E-state index is 0. The Bertz CT molecular complexity index is 5080. The molecule has 7 heterocycles. The van der Waals surface area contributed by atoms with Gasteiger partial charge in [-0.1, -0.05) is 188 Å². The largest absolute Gasteiger partial charge is 0.327 e. The number of rotatable bonds is 8. The van der Waals surface area contributed by atoms with Gasteiger partial charge in [-0.3, -0.25) is 9.97 Å². The van der Waals surface area contributed by atoms with Crippen LogP contribution in [-0.2, 0) is 80.4 Å². The standard InChI is InChI=1S/C23H15N2.3C18H14N.2C6H5.2C5H5N.4Ir/c1-3-13-22-19(10-1)20-11-2-4-14-23(20)25(22)18-9-7-8-17(16-18)21-12-5-6-15-24-21;1-14-12-18(16-10-6-3-7-11-16)19-13-17(14)15-8-4-2-5-9-15;1-14-7-5-6-10-17(14)16-11-12-19-18(13-16)15-8-3-2-4-9-15;1-14-13-16(18-9-5-6-12-19-18)10-11-17(14)15-7-3-2-4-8-15;4*1-2-4-6-5-3-1;;;;/h1-7,9-16H;2-10,12-13H,1H3;2-8,10-13H,1H3;2-9,11-13H,1H3;4*1-5H;;;;/q6*-1;;;;;;. The van der Waals surface area contributed by atoms with Crippen molar-refractivity contribution in [3.05, 3.63) is 467 Å². The zero-order valence-electron chi connectivity index (χ0n) is 60.7. The monoisotopic (exact) mass is 2140 g/mol. The van der Waals surface area contributed by atoms with E-state index >= 15 is 0 Å². The van der Waals surface area contributed by atoms with E-state index in [-0.39, 0.29) is 80.4 Å². The van der Waals surface area contributed by atoms with Gasteiger partial charge >= 0.3 is 0 Å². The zero-order valence-corrected chi connectivity index (χ0v) is 70.3. The van der Waals surface area contributed by atoms with Crippen molar-refractivity contribution in [2.75, 3.05) is 0 Å². The second kappa shape index (κ2) is 48.2. The first-order chi connectivity index (χ1) is 52.4. The van der Waals surface area contributed by atoms with Gasteiger partial charge in [0.15, 0.2) is 0 Å². The number of benzene rings is 11. The molecule has 0 unspecified atom stereocenters. The molecule has 110 heavy (non-hydrogen) atoms. The molecule has 11 aromatic carbocycles. The van der Waals surface area contributed by atoms with Crippen molar-refractivity contribution < 1.29 is 80.4 Å². The number of hydrogen-bond acceptors (Lipinski definition) is 6. The van der Waals surface area contributed by atoms with Crippen molar-refractivity contribution in [1.29, 1.82) is 0 Å². The van der Waals surface area contributed by atoms with Crippen LogP contribution in [0.25, 0.3) is 106 Å². The first-order valence-corrected chi connectivity index (χ1v) is 34.9. The number of nitrogens with zero attached hydrogens (tertiary/aromatic N) is 7. The van der Waals surface area contributed by atoms with E-state index < -0.39 is 0 Å². The number of para-hydroxylation sites is 2. The number of aromatic nitrogens is 7. The Hall–Kier alpha value is -11.3. The van der Waals surface area contributed by atoms with E-state index in [0.717, 1.165) is 50.7 Å². The summed E-state index contributed by atoms with van der Waals surface area (Å²) in [6, 6.07) is 140. The minimum atomic E-state index is 0. The van der Waals surface area contributed by atoms with Gasteiger partial charge in [0.05, 0.1) is 11.0 Å². The third-order valence-corrected chi connectivity index (χ3v) is 16.5. The van der Waals surface area contributed by atoms with Crippen LogP contribution < -0.4 is 0 Å². The average molecular weight is 2130 g/mol. The van der Waals surface area contributed by atoms with Crippen molar-refractivity contribution in [3.8, 4) is 84.1 Å². The van der Waals surface area contributed by atoms with Gasteiger partial charge in [0.1, 0.15) is 0 Å². The van der Waals surface area contributed by atoms with E-state index in [1.807, 2.05) is 237 Å². The summed E-state index contributed by atoms with van der Waals surface area (Å²) in [5, 5.41) is 2.54. The second-order valence-corrected chi connectivity index (χ2v) is 23.8. The Morgan fingerprint density at radius 1 is 0.255 bits per heavy atom. The van der Waals surface area contributed by atoms with Crippen LogP contribution in [0.5, 0.6) is 0 Å². The van der Waals surface area contributed by atoms with Crippen LogP contribution in [-0.4, -0.2) is 34.5 Å². The van der Waals surface area contributed by atoms with E-state index in [1.165, 1.54) is 71.9 Å². The van der Waals surface area contributed by atoms with Crippen molar-refractivity contribution in [2.45, 2.75) is 20.8 Å². The molecular formula is C99H77Ir4N7-6. The molecule has 18 rings (SSSR count). The maximum atomic E-state index is 4.55. The molecule has 0 amide bonds. The fourth-order valence-corrected chi connectivity index (χ4v) is 11.3. The fraction of sp³-hybridized carbons (Fsp3) is 0.0303. The maximum absolute atomic E-state index is 4.55. The van der Waals surface area contributed by atoms with Crippen LogP contribution in [0.4, 0.5) is 0 Å². The summed E-state index contributed by atoms with van der Waals surface area (Å²) in [5.41, 5.74) is 22.5.